The number of rotatable bonds is 11. The Morgan fingerprint density at radius 3 is 1.21 bits per heavy atom. The predicted molar refractivity (Wildman–Crippen MR) is 82.0 cm³/mol. The highest BCUT2D eigenvalue weighted by Gasteiger charge is 2.17. The lowest BCUT2D eigenvalue weighted by molar-refractivity contribution is 0.242. The molecular formula is C13H31N3O2S. The summed E-state index contributed by atoms with van der Waals surface area (Å²) in [6, 6.07) is 0. The van der Waals surface area contributed by atoms with Crippen molar-refractivity contribution in [2.45, 2.75) is 27.7 Å². The van der Waals surface area contributed by atoms with Crippen molar-refractivity contribution in [2.24, 2.45) is 0 Å². The van der Waals surface area contributed by atoms with Gasteiger partial charge in [-0.3, -0.25) is 0 Å². The van der Waals surface area contributed by atoms with Gasteiger partial charge in [0.25, 0.3) is 0 Å². The highest BCUT2D eigenvalue weighted by molar-refractivity contribution is 7.88. The van der Waals surface area contributed by atoms with E-state index >= 15 is 0 Å². The summed E-state index contributed by atoms with van der Waals surface area (Å²) in [5.74, 6) is 0. The molecule has 0 aliphatic heterocycles. The van der Waals surface area contributed by atoms with E-state index in [1.807, 2.05) is 0 Å². The lowest BCUT2D eigenvalue weighted by atomic mass is 10.4. The standard InChI is InChI=1S/C13H31N3O2S/c1-6-14(7-2)10-12-16(19(5,17)18)13-11-15(8-3)9-4/h6-13H2,1-5H3. The van der Waals surface area contributed by atoms with Crippen molar-refractivity contribution >= 4 is 10.0 Å². The van der Waals surface area contributed by atoms with Crippen molar-refractivity contribution in [1.29, 1.82) is 0 Å². The first kappa shape index (κ1) is 18.8. The molecule has 0 unspecified atom stereocenters. The SMILES string of the molecule is CCN(CC)CCN(CCN(CC)CC)S(C)(=O)=O. The van der Waals surface area contributed by atoms with Gasteiger partial charge in [-0.25, -0.2) is 8.42 Å². The Bertz CT molecular complexity index is 296. The van der Waals surface area contributed by atoms with Crippen LogP contribution < -0.4 is 0 Å². The molecule has 0 bridgehead atoms. The Morgan fingerprint density at radius 2 is 1.00 bits per heavy atom. The van der Waals surface area contributed by atoms with Crippen LogP contribution >= 0.6 is 0 Å². The van der Waals surface area contributed by atoms with Crippen molar-refractivity contribution in [3.8, 4) is 0 Å². The molecule has 0 radical (unpaired) electrons. The maximum Gasteiger partial charge on any atom is 0.211 e. The van der Waals surface area contributed by atoms with Crippen molar-refractivity contribution in [1.82, 2.24) is 14.1 Å². The van der Waals surface area contributed by atoms with Crippen LogP contribution in [0.3, 0.4) is 0 Å². The van der Waals surface area contributed by atoms with Gasteiger partial charge in [-0.15, -0.1) is 0 Å². The number of nitrogens with zero attached hydrogens (tertiary/aromatic N) is 3. The average molecular weight is 293 g/mol. The van der Waals surface area contributed by atoms with Gasteiger partial charge in [-0.05, 0) is 26.2 Å². The molecule has 0 aromatic carbocycles. The zero-order valence-electron chi connectivity index (χ0n) is 13.2. The third-order valence-electron chi connectivity index (χ3n) is 3.59. The minimum absolute atomic E-state index is 0.585. The van der Waals surface area contributed by atoms with E-state index in [9.17, 15) is 8.42 Å². The molecule has 0 saturated heterocycles. The smallest absolute Gasteiger partial charge is 0.211 e. The third-order valence-corrected chi connectivity index (χ3v) is 4.89. The van der Waals surface area contributed by atoms with E-state index in [2.05, 4.69) is 37.5 Å². The van der Waals surface area contributed by atoms with Gasteiger partial charge in [0.05, 0.1) is 6.26 Å². The van der Waals surface area contributed by atoms with Gasteiger partial charge in [0.15, 0.2) is 0 Å². The molecule has 116 valence electrons. The molecule has 0 heterocycles. The summed E-state index contributed by atoms with van der Waals surface area (Å²) in [5.41, 5.74) is 0. The van der Waals surface area contributed by atoms with Crippen LogP contribution in [0.5, 0.6) is 0 Å². The van der Waals surface area contributed by atoms with Crippen molar-refractivity contribution in [3.63, 3.8) is 0 Å². The number of likely N-dealkylation sites (N-methyl/N-ethyl adjacent to an activating group) is 2. The summed E-state index contributed by atoms with van der Waals surface area (Å²) in [4.78, 5) is 4.49. The maximum absolute atomic E-state index is 11.8. The molecule has 0 aromatic rings. The maximum atomic E-state index is 11.8. The summed E-state index contributed by atoms with van der Waals surface area (Å²) in [7, 11) is -3.11. The summed E-state index contributed by atoms with van der Waals surface area (Å²) in [5, 5.41) is 0. The molecular weight excluding hydrogens is 262 g/mol. The van der Waals surface area contributed by atoms with Crippen molar-refractivity contribution < 1.29 is 8.42 Å². The molecule has 0 aliphatic carbocycles. The Morgan fingerprint density at radius 1 is 0.684 bits per heavy atom. The number of hydrogen-bond donors (Lipinski definition) is 0. The van der Waals surface area contributed by atoms with Gasteiger partial charge in [-0.2, -0.15) is 4.31 Å². The summed E-state index contributed by atoms with van der Waals surface area (Å²) < 4.78 is 25.2. The van der Waals surface area contributed by atoms with Gasteiger partial charge < -0.3 is 9.80 Å². The molecule has 5 nitrogen and oxygen atoms in total. The second kappa shape index (κ2) is 9.69. The fraction of sp³-hybridized carbons (Fsp3) is 1.00. The monoisotopic (exact) mass is 293 g/mol. The minimum Gasteiger partial charge on any atom is -0.303 e. The lowest BCUT2D eigenvalue weighted by Crippen LogP contribution is -2.42. The van der Waals surface area contributed by atoms with Gasteiger partial charge in [0.2, 0.25) is 10.0 Å². The summed E-state index contributed by atoms with van der Waals surface area (Å²) in [6.07, 6.45) is 1.30. The van der Waals surface area contributed by atoms with E-state index in [1.165, 1.54) is 6.26 Å². The molecule has 0 aliphatic rings. The van der Waals surface area contributed by atoms with Crippen molar-refractivity contribution in [3.05, 3.63) is 0 Å². The van der Waals surface area contributed by atoms with E-state index < -0.39 is 10.0 Å². The molecule has 0 rings (SSSR count). The van der Waals surface area contributed by atoms with Gasteiger partial charge in [0.1, 0.15) is 0 Å². The normalized spacial score (nSPS) is 12.8. The minimum atomic E-state index is -3.11. The van der Waals surface area contributed by atoms with Crippen LogP contribution in [0.4, 0.5) is 0 Å². The van der Waals surface area contributed by atoms with E-state index in [0.29, 0.717) is 13.1 Å². The zero-order chi connectivity index (χ0) is 14.9. The molecule has 0 aromatic heterocycles. The molecule has 0 fully saturated rings. The third kappa shape index (κ3) is 7.87. The first-order valence-corrected chi connectivity index (χ1v) is 9.13. The highest BCUT2D eigenvalue weighted by Crippen LogP contribution is 2.00. The Kier molecular flexibility index (Phi) is 9.60. The van der Waals surface area contributed by atoms with Gasteiger partial charge in [0, 0.05) is 26.2 Å². The number of hydrogen-bond acceptors (Lipinski definition) is 4. The first-order valence-electron chi connectivity index (χ1n) is 7.28. The molecule has 0 saturated carbocycles. The lowest BCUT2D eigenvalue weighted by Gasteiger charge is -2.27. The van der Waals surface area contributed by atoms with Gasteiger partial charge >= 0.3 is 0 Å². The largest absolute Gasteiger partial charge is 0.303 e. The van der Waals surface area contributed by atoms with E-state index in [-0.39, 0.29) is 0 Å². The second-order valence-corrected chi connectivity index (χ2v) is 6.70. The summed E-state index contributed by atoms with van der Waals surface area (Å²) >= 11 is 0. The van der Waals surface area contributed by atoms with Crippen LogP contribution in [0.25, 0.3) is 0 Å². The predicted octanol–water partition coefficient (Wildman–Crippen LogP) is 0.932. The molecule has 0 N–H and O–H groups in total. The Balaban J connectivity index is 4.41. The van der Waals surface area contributed by atoms with Crippen LogP contribution in [0.15, 0.2) is 0 Å². The summed E-state index contributed by atoms with van der Waals surface area (Å²) in [6.45, 7) is 15.0. The zero-order valence-corrected chi connectivity index (χ0v) is 14.0. The van der Waals surface area contributed by atoms with Crippen LogP contribution in [0, 0.1) is 0 Å². The topological polar surface area (TPSA) is 43.9 Å². The average Bonchev–Trinajstić information content (AvgIpc) is 2.36. The van der Waals surface area contributed by atoms with Crippen LogP contribution in [0.2, 0.25) is 0 Å². The molecule has 19 heavy (non-hydrogen) atoms. The van der Waals surface area contributed by atoms with E-state index in [0.717, 1.165) is 39.3 Å². The Labute approximate surface area is 119 Å². The van der Waals surface area contributed by atoms with E-state index in [1.54, 1.807) is 4.31 Å². The van der Waals surface area contributed by atoms with Crippen molar-refractivity contribution in [2.75, 3.05) is 58.6 Å². The number of sulfonamides is 1. The van der Waals surface area contributed by atoms with Crippen LogP contribution in [0.1, 0.15) is 27.7 Å². The highest BCUT2D eigenvalue weighted by atomic mass is 32.2. The first-order chi connectivity index (χ1) is 8.88. The quantitative estimate of drug-likeness (QED) is 0.568. The van der Waals surface area contributed by atoms with Gasteiger partial charge in [-0.1, -0.05) is 27.7 Å². The van der Waals surface area contributed by atoms with Crippen LogP contribution in [-0.4, -0.2) is 81.1 Å². The fourth-order valence-corrected chi connectivity index (χ4v) is 2.86. The second-order valence-electron chi connectivity index (χ2n) is 4.72. The molecule has 0 amide bonds. The van der Waals surface area contributed by atoms with Crippen LogP contribution in [-0.2, 0) is 10.0 Å². The Hall–Kier alpha value is -0.170. The molecule has 6 heteroatoms. The fourth-order valence-electron chi connectivity index (χ4n) is 2.03. The van der Waals surface area contributed by atoms with E-state index in [4.69, 9.17) is 0 Å². The molecule has 0 atom stereocenters. The molecule has 0 spiro atoms.